The van der Waals surface area contributed by atoms with E-state index < -0.39 is 0 Å². The number of aromatic nitrogens is 2. The molecule has 0 aliphatic heterocycles. The van der Waals surface area contributed by atoms with E-state index in [-0.39, 0.29) is 16.6 Å². The van der Waals surface area contributed by atoms with E-state index in [0.29, 0.717) is 18.8 Å². The summed E-state index contributed by atoms with van der Waals surface area (Å²) in [6, 6.07) is 0.0701. The Morgan fingerprint density at radius 2 is 2.35 bits per heavy atom. The third kappa shape index (κ3) is 3.71. The molecule has 0 radical (unpaired) electrons. The Balaban J connectivity index is 2.89. The molecule has 1 aromatic heterocycles. The van der Waals surface area contributed by atoms with E-state index in [1.54, 1.807) is 13.3 Å². The lowest BCUT2D eigenvalue weighted by atomic mass is 10.3. The summed E-state index contributed by atoms with van der Waals surface area (Å²) in [5, 5.41) is 7.32. The summed E-state index contributed by atoms with van der Waals surface area (Å²) in [5.74, 6) is 0. The normalized spacial score (nSPS) is 12.5. The molecule has 0 spiro atoms. The molecule has 1 unspecified atom stereocenters. The maximum absolute atomic E-state index is 11.8. The predicted octanol–water partition coefficient (Wildman–Crippen LogP) is 1.75. The van der Waals surface area contributed by atoms with E-state index in [9.17, 15) is 4.79 Å². The van der Waals surface area contributed by atoms with Crippen LogP contribution in [0, 0.1) is 0 Å². The minimum Gasteiger partial charge on any atom is -0.383 e. The topological polar surface area (TPSA) is 56.1 Å². The highest BCUT2D eigenvalue weighted by molar-refractivity contribution is 6.32. The largest absolute Gasteiger partial charge is 0.383 e. The minimum atomic E-state index is -0.261. The predicted molar refractivity (Wildman–Crippen MR) is 68.8 cm³/mol. The quantitative estimate of drug-likeness (QED) is 0.846. The number of rotatable bonds is 6. The maximum atomic E-state index is 11.8. The van der Waals surface area contributed by atoms with Gasteiger partial charge in [0.25, 0.3) is 5.56 Å². The zero-order valence-electron chi connectivity index (χ0n) is 10.4. The number of nitrogens with zero attached hydrogens (tertiary/aromatic N) is 2. The van der Waals surface area contributed by atoms with E-state index in [2.05, 4.69) is 10.4 Å². The summed E-state index contributed by atoms with van der Waals surface area (Å²) in [5.41, 5.74) is 0.289. The Hall–Kier alpha value is -1.07. The van der Waals surface area contributed by atoms with Crippen LogP contribution in [0.25, 0.3) is 0 Å². The second-order valence-electron chi connectivity index (χ2n) is 3.90. The molecule has 0 amide bonds. The molecule has 96 valence electrons. The van der Waals surface area contributed by atoms with Gasteiger partial charge in [-0.15, -0.1) is 0 Å². The number of methoxy groups -OCH3 is 1. The zero-order chi connectivity index (χ0) is 12.8. The van der Waals surface area contributed by atoms with Crippen LogP contribution in [0.15, 0.2) is 11.0 Å². The fourth-order valence-electron chi connectivity index (χ4n) is 1.49. The van der Waals surface area contributed by atoms with Crippen LogP contribution in [-0.2, 0) is 11.3 Å². The molecule has 5 nitrogen and oxygen atoms in total. The van der Waals surface area contributed by atoms with Crippen molar-refractivity contribution in [1.82, 2.24) is 9.78 Å². The Labute approximate surface area is 106 Å². The lowest BCUT2D eigenvalue weighted by molar-refractivity contribution is 0.190. The number of anilines is 1. The van der Waals surface area contributed by atoms with Crippen LogP contribution in [0.3, 0.4) is 0 Å². The average molecular weight is 260 g/mol. The first kappa shape index (κ1) is 14.0. The number of ether oxygens (including phenoxy) is 1. The molecular formula is C11H18ClN3O2. The third-order valence-corrected chi connectivity index (χ3v) is 2.60. The van der Waals surface area contributed by atoms with Gasteiger partial charge < -0.3 is 10.1 Å². The summed E-state index contributed by atoms with van der Waals surface area (Å²) in [6.45, 7) is 5.03. The van der Waals surface area contributed by atoms with Crippen LogP contribution in [0.5, 0.6) is 0 Å². The lowest BCUT2D eigenvalue weighted by Gasteiger charge is -2.15. The molecule has 0 aromatic carbocycles. The second kappa shape index (κ2) is 6.61. The fraction of sp³-hybridized carbons (Fsp3) is 0.636. The molecular weight excluding hydrogens is 242 g/mol. The summed E-state index contributed by atoms with van der Waals surface area (Å²) < 4.78 is 6.37. The van der Waals surface area contributed by atoms with Crippen LogP contribution >= 0.6 is 11.6 Å². The van der Waals surface area contributed by atoms with Gasteiger partial charge in [0.15, 0.2) is 0 Å². The molecule has 1 heterocycles. The minimum absolute atomic E-state index is 0.0701. The van der Waals surface area contributed by atoms with Crippen molar-refractivity contribution in [3.05, 3.63) is 21.6 Å². The molecule has 0 aliphatic rings. The van der Waals surface area contributed by atoms with Crippen molar-refractivity contribution in [2.24, 2.45) is 0 Å². The summed E-state index contributed by atoms with van der Waals surface area (Å²) >= 11 is 6.00. The van der Waals surface area contributed by atoms with Gasteiger partial charge in [-0.1, -0.05) is 18.5 Å². The third-order valence-electron chi connectivity index (χ3n) is 2.24. The highest BCUT2D eigenvalue weighted by atomic mass is 35.5. The Morgan fingerprint density at radius 3 is 2.94 bits per heavy atom. The monoisotopic (exact) mass is 259 g/mol. The SMILES string of the molecule is CCCn1ncc(NC(C)COC)c(Cl)c1=O. The number of hydrogen-bond acceptors (Lipinski definition) is 4. The van der Waals surface area contributed by atoms with Crippen molar-refractivity contribution in [1.29, 1.82) is 0 Å². The molecule has 0 bridgehead atoms. The van der Waals surface area contributed by atoms with E-state index in [0.717, 1.165) is 6.42 Å². The summed E-state index contributed by atoms with van der Waals surface area (Å²) in [4.78, 5) is 11.8. The highest BCUT2D eigenvalue weighted by Crippen LogP contribution is 2.16. The number of aryl methyl sites for hydroxylation is 1. The van der Waals surface area contributed by atoms with E-state index >= 15 is 0 Å². The van der Waals surface area contributed by atoms with Crippen molar-refractivity contribution in [2.75, 3.05) is 19.0 Å². The van der Waals surface area contributed by atoms with Crippen LogP contribution in [0.4, 0.5) is 5.69 Å². The second-order valence-corrected chi connectivity index (χ2v) is 4.28. The molecule has 6 heteroatoms. The van der Waals surface area contributed by atoms with Crippen molar-refractivity contribution in [2.45, 2.75) is 32.9 Å². The molecule has 0 aliphatic carbocycles. The van der Waals surface area contributed by atoms with Gasteiger partial charge in [-0.3, -0.25) is 4.79 Å². The van der Waals surface area contributed by atoms with Crippen molar-refractivity contribution in [3.63, 3.8) is 0 Å². The molecule has 0 saturated heterocycles. The van der Waals surface area contributed by atoms with Crippen LogP contribution in [0.1, 0.15) is 20.3 Å². The van der Waals surface area contributed by atoms with Gasteiger partial charge >= 0.3 is 0 Å². The first-order valence-electron chi connectivity index (χ1n) is 5.61. The van der Waals surface area contributed by atoms with Crippen LogP contribution in [-0.4, -0.2) is 29.5 Å². The molecule has 0 fully saturated rings. The molecule has 0 saturated carbocycles. The van der Waals surface area contributed by atoms with E-state index in [1.165, 1.54) is 4.68 Å². The van der Waals surface area contributed by atoms with E-state index in [4.69, 9.17) is 16.3 Å². The molecule has 1 atom stereocenters. The van der Waals surface area contributed by atoms with Gasteiger partial charge in [-0.25, -0.2) is 4.68 Å². The number of halogens is 1. The average Bonchev–Trinajstić information content (AvgIpc) is 2.29. The molecule has 17 heavy (non-hydrogen) atoms. The van der Waals surface area contributed by atoms with Gasteiger partial charge in [0.1, 0.15) is 5.02 Å². The molecule has 1 N–H and O–H groups in total. The van der Waals surface area contributed by atoms with Gasteiger partial charge in [0.05, 0.1) is 18.5 Å². The summed E-state index contributed by atoms with van der Waals surface area (Å²) in [6.07, 6.45) is 2.42. The lowest BCUT2D eigenvalue weighted by Crippen LogP contribution is -2.27. The Kier molecular flexibility index (Phi) is 5.44. The first-order valence-corrected chi connectivity index (χ1v) is 5.99. The summed E-state index contributed by atoms with van der Waals surface area (Å²) in [7, 11) is 1.62. The highest BCUT2D eigenvalue weighted by Gasteiger charge is 2.10. The molecule has 1 aromatic rings. The van der Waals surface area contributed by atoms with Crippen LogP contribution in [0.2, 0.25) is 5.02 Å². The fourth-order valence-corrected chi connectivity index (χ4v) is 1.69. The maximum Gasteiger partial charge on any atom is 0.287 e. The van der Waals surface area contributed by atoms with E-state index in [1.807, 2.05) is 13.8 Å². The van der Waals surface area contributed by atoms with Gasteiger partial charge in [-0.05, 0) is 13.3 Å². The zero-order valence-corrected chi connectivity index (χ0v) is 11.1. The Bertz CT molecular complexity index is 420. The molecule has 1 rings (SSSR count). The standard InChI is InChI=1S/C11H18ClN3O2/c1-4-5-15-11(16)10(12)9(6-13-15)14-8(2)7-17-3/h6,8,14H,4-5,7H2,1-3H3. The van der Waals surface area contributed by atoms with Crippen molar-refractivity contribution in [3.8, 4) is 0 Å². The number of hydrogen-bond donors (Lipinski definition) is 1. The van der Waals surface area contributed by atoms with Gasteiger partial charge in [0, 0.05) is 19.7 Å². The van der Waals surface area contributed by atoms with Crippen molar-refractivity contribution < 1.29 is 4.74 Å². The Morgan fingerprint density at radius 1 is 1.65 bits per heavy atom. The van der Waals surface area contributed by atoms with Gasteiger partial charge in [0.2, 0.25) is 0 Å². The van der Waals surface area contributed by atoms with Crippen molar-refractivity contribution >= 4 is 17.3 Å². The van der Waals surface area contributed by atoms with Gasteiger partial charge in [-0.2, -0.15) is 5.10 Å². The smallest absolute Gasteiger partial charge is 0.287 e. The first-order chi connectivity index (χ1) is 8.10. The van der Waals surface area contributed by atoms with Crippen LogP contribution < -0.4 is 10.9 Å². The number of nitrogens with one attached hydrogen (secondary N) is 1.